The van der Waals surface area contributed by atoms with Crippen molar-refractivity contribution in [2.45, 2.75) is 31.5 Å². The van der Waals surface area contributed by atoms with Crippen LogP contribution in [0.15, 0.2) is 0 Å². The zero-order valence-corrected chi connectivity index (χ0v) is 12.5. The zero-order chi connectivity index (χ0) is 15.5. The van der Waals surface area contributed by atoms with Gasteiger partial charge in [-0.05, 0) is 32.2 Å². The summed E-state index contributed by atoms with van der Waals surface area (Å²) in [6.07, 6.45) is -2.64. The second-order valence-corrected chi connectivity index (χ2v) is 6.43. The number of morpholine rings is 1. The fourth-order valence-corrected chi connectivity index (χ4v) is 3.12. The molecule has 2 aliphatic heterocycles. The van der Waals surface area contributed by atoms with Crippen LogP contribution in [0.25, 0.3) is 0 Å². The number of alkyl halides is 3. The van der Waals surface area contributed by atoms with Crippen molar-refractivity contribution in [1.82, 2.24) is 9.80 Å². The molecular weight excluding hydrogens is 285 g/mol. The molecule has 4 nitrogen and oxygen atoms in total. The molecule has 2 atom stereocenters. The van der Waals surface area contributed by atoms with Crippen molar-refractivity contribution in [2.24, 2.45) is 5.92 Å². The van der Waals surface area contributed by atoms with Crippen LogP contribution in [0, 0.1) is 5.92 Å². The normalized spacial score (nSPS) is 29.3. The van der Waals surface area contributed by atoms with E-state index in [-0.39, 0.29) is 6.54 Å². The van der Waals surface area contributed by atoms with E-state index in [1.165, 1.54) is 0 Å². The van der Waals surface area contributed by atoms with Crippen molar-refractivity contribution in [3.8, 4) is 0 Å². The van der Waals surface area contributed by atoms with E-state index in [1.54, 1.807) is 4.90 Å². The molecule has 1 N–H and O–H groups in total. The van der Waals surface area contributed by atoms with Gasteiger partial charge in [0.05, 0.1) is 13.2 Å². The molecular formula is C14H25F3N2O2. The lowest BCUT2D eigenvalue weighted by molar-refractivity contribution is -0.258. The highest BCUT2D eigenvalue weighted by Gasteiger charge is 2.50. The van der Waals surface area contributed by atoms with Crippen LogP contribution in [0.3, 0.4) is 0 Å². The molecule has 0 bridgehead atoms. The molecule has 0 aliphatic carbocycles. The molecule has 0 aromatic rings. The predicted octanol–water partition coefficient (Wildman–Crippen LogP) is 1.34. The molecule has 0 aromatic heterocycles. The van der Waals surface area contributed by atoms with Crippen LogP contribution in [0.1, 0.15) is 19.8 Å². The monoisotopic (exact) mass is 310 g/mol. The van der Waals surface area contributed by atoms with Gasteiger partial charge in [-0.25, -0.2) is 0 Å². The molecule has 0 saturated carbocycles. The molecule has 21 heavy (non-hydrogen) atoms. The molecule has 0 spiro atoms. The minimum Gasteiger partial charge on any atom is -0.380 e. The van der Waals surface area contributed by atoms with Crippen molar-refractivity contribution < 1.29 is 23.0 Å². The van der Waals surface area contributed by atoms with Gasteiger partial charge >= 0.3 is 6.18 Å². The lowest BCUT2D eigenvalue weighted by Gasteiger charge is -2.39. The summed E-state index contributed by atoms with van der Waals surface area (Å²) in [5.41, 5.74) is -2.63. The molecule has 124 valence electrons. The summed E-state index contributed by atoms with van der Waals surface area (Å²) >= 11 is 0. The van der Waals surface area contributed by atoms with Gasteiger partial charge in [-0.3, -0.25) is 9.80 Å². The van der Waals surface area contributed by atoms with Gasteiger partial charge in [0.15, 0.2) is 5.60 Å². The Morgan fingerprint density at radius 3 is 2.43 bits per heavy atom. The lowest BCUT2D eigenvalue weighted by Crippen LogP contribution is -2.54. The predicted molar refractivity (Wildman–Crippen MR) is 73.1 cm³/mol. The first-order chi connectivity index (χ1) is 9.78. The summed E-state index contributed by atoms with van der Waals surface area (Å²) in [5.74, 6) is 0.376. The smallest absolute Gasteiger partial charge is 0.380 e. The number of nitrogens with zero attached hydrogens (tertiary/aromatic N) is 2. The van der Waals surface area contributed by atoms with Gasteiger partial charge in [0.1, 0.15) is 0 Å². The van der Waals surface area contributed by atoms with E-state index in [1.807, 2.05) is 0 Å². The second kappa shape index (κ2) is 6.81. The maximum atomic E-state index is 12.8. The molecule has 2 saturated heterocycles. The minimum atomic E-state index is -4.58. The van der Waals surface area contributed by atoms with E-state index >= 15 is 0 Å². The van der Waals surface area contributed by atoms with Crippen LogP contribution in [0.5, 0.6) is 0 Å². The molecule has 7 heteroatoms. The van der Waals surface area contributed by atoms with Gasteiger partial charge in [0, 0.05) is 32.7 Å². The molecule has 2 fully saturated rings. The highest BCUT2D eigenvalue weighted by Crippen LogP contribution is 2.31. The summed E-state index contributed by atoms with van der Waals surface area (Å²) in [6, 6.07) is 0. The Kier molecular flexibility index (Phi) is 5.51. The van der Waals surface area contributed by atoms with Crippen LogP contribution in [-0.4, -0.2) is 79.2 Å². The summed E-state index contributed by atoms with van der Waals surface area (Å²) < 4.78 is 43.6. The summed E-state index contributed by atoms with van der Waals surface area (Å²) in [4.78, 5) is 4.07. The first-order valence-electron chi connectivity index (χ1n) is 7.59. The van der Waals surface area contributed by atoms with Gasteiger partial charge < -0.3 is 9.84 Å². The van der Waals surface area contributed by atoms with Gasteiger partial charge in [0.2, 0.25) is 0 Å². The summed E-state index contributed by atoms with van der Waals surface area (Å²) in [7, 11) is 0. The molecule has 2 aliphatic rings. The first kappa shape index (κ1) is 17.0. The van der Waals surface area contributed by atoms with Gasteiger partial charge in [-0.1, -0.05) is 0 Å². The average Bonchev–Trinajstić information content (AvgIpc) is 2.38. The number of hydrogen-bond acceptors (Lipinski definition) is 4. The highest BCUT2D eigenvalue weighted by atomic mass is 19.4. The zero-order valence-electron chi connectivity index (χ0n) is 12.5. The first-order valence-corrected chi connectivity index (χ1v) is 7.59. The Bertz CT molecular complexity index is 331. The quantitative estimate of drug-likeness (QED) is 0.850. The molecule has 0 aromatic carbocycles. The molecule has 0 amide bonds. The Balaban J connectivity index is 1.83. The van der Waals surface area contributed by atoms with Crippen molar-refractivity contribution >= 4 is 0 Å². The Morgan fingerprint density at radius 1 is 1.14 bits per heavy atom. The van der Waals surface area contributed by atoms with Crippen molar-refractivity contribution in [3.05, 3.63) is 0 Å². The minimum absolute atomic E-state index is 0.337. The third kappa shape index (κ3) is 4.81. The average molecular weight is 310 g/mol. The standard InChI is InChI=1S/C14H25F3N2O2/c1-13(20,14(15,16)17)11-19-4-2-3-12(10-19)9-18-5-7-21-8-6-18/h12,20H,2-11H2,1H3/t12-,13-/m1/s1. The van der Waals surface area contributed by atoms with Gasteiger partial charge in [-0.2, -0.15) is 13.2 Å². The number of ether oxygens (including phenoxy) is 1. The van der Waals surface area contributed by atoms with E-state index in [2.05, 4.69) is 4.90 Å². The number of likely N-dealkylation sites (tertiary alicyclic amines) is 1. The largest absolute Gasteiger partial charge is 0.418 e. The number of piperidine rings is 1. The van der Waals surface area contributed by atoms with Crippen LogP contribution in [0.2, 0.25) is 0 Å². The Hall–Kier alpha value is -0.370. The van der Waals surface area contributed by atoms with Crippen LogP contribution < -0.4 is 0 Å². The second-order valence-electron chi connectivity index (χ2n) is 6.43. The number of rotatable bonds is 4. The highest BCUT2D eigenvalue weighted by molar-refractivity contribution is 4.87. The topological polar surface area (TPSA) is 35.9 Å². The maximum absolute atomic E-state index is 12.8. The van der Waals surface area contributed by atoms with Gasteiger partial charge in [-0.15, -0.1) is 0 Å². The van der Waals surface area contributed by atoms with E-state index in [4.69, 9.17) is 4.74 Å². The van der Waals surface area contributed by atoms with Crippen LogP contribution in [0.4, 0.5) is 13.2 Å². The summed E-state index contributed by atoms with van der Waals surface area (Å²) in [6.45, 7) is 5.96. The van der Waals surface area contributed by atoms with Crippen molar-refractivity contribution in [3.63, 3.8) is 0 Å². The summed E-state index contributed by atoms with van der Waals surface area (Å²) in [5, 5.41) is 9.62. The van der Waals surface area contributed by atoms with E-state index < -0.39 is 11.8 Å². The van der Waals surface area contributed by atoms with E-state index in [0.29, 0.717) is 19.0 Å². The molecule has 2 rings (SSSR count). The van der Waals surface area contributed by atoms with Crippen molar-refractivity contribution in [1.29, 1.82) is 0 Å². The van der Waals surface area contributed by atoms with Crippen LogP contribution >= 0.6 is 0 Å². The molecule has 2 heterocycles. The number of aliphatic hydroxyl groups is 1. The Labute approximate surface area is 123 Å². The number of hydrogen-bond donors (Lipinski definition) is 1. The maximum Gasteiger partial charge on any atom is 0.418 e. The van der Waals surface area contributed by atoms with E-state index in [9.17, 15) is 18.3 Å². The van der Waals surface area contributed by atoms with Crippen molar-refractivity contribution in [2.75, 3.05) is 52.5 Å². The fourth-order valence-electron chi connectivity index (χ4n) is 3.12. The SMILES string of the molecule is C[C@@](O)(CN1CCC[C@H](CN2CCOCC2)C1)C(F)(F)F. The van der Waals surface area contributed by atoms with E-state index in [0.717, 1.165) is 52.6 Å². The molecule has 0 unspecified atom stereocenters. The van der Waals surface area contributed by atoms with Gasteiger partial charge in [0.25, 0.3) is 0 Å². The third-order valence-corrected chi connectivity index (χ3v) is 4.37. The number of halogens is 3. The molecule has 0 radical (unpaired) electrons. The fraction of sp³-hybridized carbons (Fsp3) is 1.00. The number of β-amino-alcohol motifs (C(OH)–C–C–N with tert-alkyl or cyclic N) is 1. The Morgan fingerprint density at radius 2 is 1.81 bits per heavy atom. The third-order valence-electron chi connectivity index (χ3n) is 4.37. The van der Waals surface area contributed by atoms with Crippen LogP contribution in [-0.2, 0) is 4.74 Å². The lowest BCUT2D eigenvalue weighted by atomic mass is 9.95.